The molecule has 2 aromatic rings. The van der Waals surface area contributed by atoms with Crippen LogP contribution in [0.5, 0.6) is 5.75 Å². The summed E-state index contributed by atoms with van der Waals surface area (Å²) in [6.45, 7) is 12.4. The summed E-state index contributed by atoms with van der Waals surface area (Å²) in [5.74, 6) is 1.28. The van der Waals surface area contributed by atoms with Gasteiger partial charge in [0.1, 0.15) is 18.5 Å². The van der Waals surface area contributed by atoms with Gasteiger partial charge in [0.15, 0.2) is 5.78 Å². The number of carboxylic acids is 1. The quantitative estimate of drug-likeness (QED) is 0.456. The Morgan fingerprint density at radius 3 is 2.50 bits per heavy atom. The smallest absolute Gasteiger partial charge is 0.309 e. The molecule has 1 aromatic heterocycles. The van der Waals surface area contributed by atoms with E-state index in [-0.39, 0.29) is 18.3 Å². The Morgan fingerprint density at radius 2 is 1.86 bits per heavy atom. The summed E-state index contributed by atoms with van der Waals surface area (Å²) in [4.78, 5) is 28.4. The highest BCUT2D eigenvalue weighted by Crippen LogP contribution is 2.71. The second-order valence-corrected chi connectivity index (χ2v) is 12.9. The van der Waals surface area contributed by atoms with Crippen molar-refractivity contribution in [3.63, 3.8) is 0 Å². The minimum atomic E-state index is -0.778. The average Bonchev–Trinajstić information content (AvgIpc) is 3.08. The number of rotatable bonds is 10. The number of Topliss-reactive ketones (excluding diaryl/α,β-unsaturated/α-hetero) is 1. The largest absolute Gasteiger partial charge is 0.490 e. The molecule has 3 atom stereocenters. The van der Waals surface area contributed by atoms with Crippen LogP contribution in [0.2, 0.25) is 0 Å². The van der Waals surface area contributed by atoms with Crippen LogP contribution in [0, 0.1) is 38.0 Å². The molecule has 0 radical (unpaired) electrons. The number of aryl methyl sites for hydroxylation is 4. The highest BCUT2D eigenvalue weighted by atomic mass is 32.1. The molecule has 1 aromatic carbocycles. The summed E-state index contributed by atoms with van der Waals surface area (Å²) in [5, 5.41) is 19.3. The highest BCUT2D eigenvalue weighted by Gasteiger charge is 2.63. The fourth-order valence-electron chi connectivity index (χ4n) is 6.55. The molecule has 1 aliphatic heterocycles. The van der Waals surface area contributed by atoms with E-state index >= 15 is 0 Å². The molecule has 194 valence electrons. The van der Waals surface area contributed by atoms with Gasteiger partial charge in [0.2, 0.25) is 0 Å². The Morgan fingerprint density at radius 1 is 1.19 bits per heavy atom. The number of aliphatic hydroxyl groups excluding tert-OH is 1. The second-order valence-electron chi connectivity index (χ2n) is 11.7. The van der Waals surface area contributed by atoms with Crippen LogP contribution in [0.4, 0.5) is 0 Å². The van der Waals surface area contributed by atoms with E-state index in [9.17, 15) is 14.7 Å². The van der Waals surface area contributed by atoms with Gasteiger partial charge in [-0.15, -0.1) is 11.3 Å². The molecule has 2 fully saturated rings. The maximum Gasteiger partial charge on any atom is 0.309 e. The molecule has 2 aliphatic carbocycles. The molecule has 7 heteroatoms. The normalized spacial score (nSPS) is 23.1. The number of ketones is 1. The van der Waals surface area contributed by atoms with Crippen LogP contribution in [0.1, 0.15) is 68.6 Å². The number of ether oxygens (including phenoxy) is 1. The zero-order valence-electron chi connectivity index (χ0n) is 21.9. The Labute approximate surface area is 217 Å². The lowest BCUT2D eigenvalue weighted by Gasteiger charge is -2.37. The van der Waals surface area contributed by atoms with Gasteiger partial charge in [-0.3, -0.25) is 14.5 Å². The van der Waals surface area contributed by atoms with E-state index in [4.69, 9.17) is 9.84 Å². The topological polar surface area (TPSA) is 87.1 Å². The number of hydrogen-bond donors (Lipinski definition) is 2. The maximum atomic E-state index is 13.2. The van der Waals surface area contributed by atoms with Crippen LogP contribution in [-0.2, 0) is 17.6 Å². The average molecular weight is 512 g/mol. The van der Waals surface area contributed by atoms with Gasteiger partial charge in [-0.1, -0.05) is 26.0 Å². The molecule has 0 amide bonds. The van der Waals surface area contributed by atoms with Gasteiger partial charge >= 0.3 is 5.97 Å². The first-order valence-electron chi connectivity index (χ1n) is 13.0. The SMILES string of the molecule is Cc1cc(CCC(=O)c2sc(C)c3c2C[C@@H]2[C@H]3C2(C)C)cc(C)c1OCC(O)CN1CC(C(=O)O)C1. The third kappa shape index (κ3) is 4.50. The molecule has 0 spiro atoms. The highest BCUT2D eigenvalue weighted by molar-refractivity contribution is 7.14. The predicted octanol–water partition coefficient (Wildman–Crippen LogP) is 4.54. The second kappa shape index (κ2) is 9.26. The molecule has 1 saturated carbocycles. The van der Waals surface area contributed by atoms with Crippen LogP contribution >= 0.6 is 11.3 Å². The van der Waals surface area contributed by atoms with Crippen LogP contribution in [-0.4, -0.2) is 59.2 Å². The van der Waals surface area contributed by atoms with Crippen LogP contribution in [0.25, 0.3) is 0 Å². The van der Waals surface area contributed by atoms with Crippen molar-refractivity contribution in [2.45, 2.75) is 65.9 Å². The van der Waals surface area contributed by atoms with Gasteiger partial charge in [-0.25, -0.2) is 0 Å². The first kappa shape index (κ1) is 25.4. The molecule has 2 heterocycles. The molecule has 2 N–H and O–H groups in total. The molecular formula is C29H37NO5S. The van der Waals surface area contributed by atoms with E-state index in [1.54, 1.807) is 11.3 Å². The first-order valence-corrected chi connectivity index (χ1v) is 13.8. The number of nitrogens with zero attached hydrogens (tertiary/aromatic N) is 1. The van der Waals surface area contributed by atoms with Gasteiger partial charge in [0, 0.05) is 30.9 Å². The van der Waals surface area contributed by atoms with Crippen molar-refractivity contribution in [2.24, 2.45) is 17.3 Å². The molecule has 1 unspecified atom stereocenters. The van der Waals surface area contributed by atoms with Crippen molar-refractivity contribution in [3.05, 3.63) is 49.7 Å². The summed E-state index contributed by atoms with van der Waals surface area (Å²) >= 11 is 1.69. The Hall–Kier alpha value is -2.22. The summed E-state index contributed by atoms with van der Waals surface area (Å²) in [5.41, 5.74) is 6.32. The summed E-state index contributed by atoms with van der Waals surface area (Å²) < 4.78 is 5.95. The van der Waals surface area contributed by atoms with E-state index in [0.717, 1.165) is 33.7 Å². The number of carbonyl (C=O) groups excluding carboxylic acids is 1. The number of fused-ring (bicyclic) bond motifs is 3. The number of β-amino-alcohol motifs (C(OH)–C–C–N with tert-alkyl or cyclic N) is 1. The minimum absolute atomic E-state index is 0.162. The summed E-state index contributed by atoms with van der Waals surface area (Å²) in [7, 11) is 0. The van der Waals surface area contributed by atoms with Crippen LogP contribution in [0.15, 0.2) is 12.1 Å². The minimum Gasteiger partial charge on any atom is -0.490 e. The number of carbonyl (C=O) groups is 2. The van der Waals surface area contributed by atoms with Gasteiger partial charge < -0.3 is 14.9 Å². The lowest BCUT2D eigenvalue weighted by atomic mass is 9.93. The summed E-state index contributed by atoms with van der Waals surface area (Å²) in [6, 6.07) is 4.16. The van der Waals surface area contributed by atoms with Gasteiger partial charge in [0.25, 0.3) is 0 Å². The molecule has 6 nitrogen and oxygen atoms in total. The molecule has 1 saturated heterocycles. The standard InChI is InChI=1S/C29H37NO5S/c1-15-8-18(9-16(2)26(15)35-14-20(31)13-30-11-19(12-30)28(33)34)6-7-23(32)27-21-10-22-25(29(22,4)5)24(21)17(3)36-27/h8-9,19-20,22,25,31H,6-7,10-14H2,1-5H3,(H,33,34)/t20?,22-,25-/m1/s1. The first-order chi connectivity index (χ1) is 17.0. The van der Waals surface area contributed by atoms with Crippen molar-refractivity contribution in [1.29, 1.82) is 0 Å². The van der Waals surface area contributed by atoms with Crippen molar-refractivity contribution < 1.29 is 24.5 Å². The van der Waals surface area contributed by atoms with Crippen LogP contribution < -0.4 is 4.74 Å². The number of benzene rings is 1. The van der Waals surface area contributed by atoms with Crippen LogP contribution in [0.3, 0.4) is 0 Å². The summed E-state index contributed by atoms with van der Waals surface area (Å²) in [6.07, 6.45) is 1.60. The maximum absolute atomic E-state index is 13.2. The van der Waals surface area contributed by atoms with Crippen molar-refractivity contribution in [3.8, 4) is 5.75 Å². The number of aliphatic carboxylic acids is 1. The van der Waals surface area contributed by atoms with E-state index in [1.807, 2.05) is 18.7 Å². The zero-order valence-corrected chi connectivity index (χ0v) is 22.7. The Bertz CT molecular complexity index is 1190. The monoisotopic (exact) mass is 511 g/mol. The van der Waals surface area contributed by atoms with Gasteiger partial charge in [-0.05, 0) is 78.7 Å². The van der Waals surface area contributed by atoms with Crippen molar-refractivity contribution in [1.82, 2.24) is 4.90 Å². The third-order valence-electron chi connectivity index (χ3n) is 8.63. The number of likely N-dealkylation sites (tertiary alicyclic amines) is 1. The molecular weight excluding hydrogens is 474 g/mol. The lowest BCUT2D eigenvalue weighted by molar-refractivity contribution is -0.148. The fourth-order valence-corrected chi connectivity index (χ4v) is 7.74. The molecule has 3 aliphatic rings. The number of thiophene rings is 1. The van der Waals surface area contributed by atoms with Gasteiger partial charge in [0.05, 0.1) is 10.8 Å². The van der Waals surface area contributed by atoms with E-state index in [2.05, 4.69) is 32.9 Å². The lowest BCUT2D eigenvalue weighted by Crippen LogP contribution is -2.53. The van der Waals surface area contributed by atoms with Crippen molar-refractivity contribution >= 4 is 23.1 Å². The third-order valence-corrected chi connectivity index (χ3v) is 9.83. The Kier molecular flexibility index (Phi) is 6.54. The van der Waals surface area contributed by atoms with E-state index in [1.165, 1.54) is 16.0 Å². The van der Waals surface area contributed by atoms with E-state index in [0.29, 0.717) is 49.7 Å². The number of carboxylic acid groups (broad SMARTS) is 1. The Balaban J connectivity index is 1.15. The molecule has 36 heavy (non-hydrogen) atoms. The van der Waals surface area contributed by atoms with E-state index < -0.39 is 12.1 Å². The fraction of sp³-hybridized carbons (Fsp3) is 0.586. The van der Waals surface area contributed by atoms with Gasteiger partial charge in [-0.2, -0.15) is 0 Å². The zero-order chi connectivity index (χ0) is 25.9. The number of aliphatic hydroxyl groups is 1. The predicted molar refractivity (Wildman–Crippen MR) is 140 cm³/mol. The molecule has 5 rings (SSSR count). The molecule has 0 bridgehead atoms. The number of hydrogen-bond acceptors (Lipinski definition) is 6. The van der Waals surface area contributed by atoms with Crippen molar-refractivity contribution in [2.75, 3.05) is 26.2 Å².